The molecular weight excluding hydrogens is 208 g/mol. The third-order valence-electron chi connectivity index (χ3n) is 3.23. The van der Waals surface area contributed by atoms with Crippen LogP contribution in [0.3, 0.4) is 0 Å². The maximum atomic E-state index is 11.9. The van der Waals surface area contributed by atoms with Gasteiger partial charge in [0, 0.05) is 13.1 Å². The van der Waals surface area contributed by atoms with E-state index in [4.69, 9.17) is 0 Å². The van der Waals surface area contributed by atoms with E-state index in [1.807, 2.05) is 13.8 Å². The van der Waals surface area contributed by atoms with Gasteiger partial charge in [-0.15, -0.1) is 0 Å². The van der Waals surface area contributed by atoms with Crippen LogP contribution in [0.2, 0.25) is 0 Å². The quantitative estimate of drug-likeness (QED) is 0.726. The number of carboxylic acid groups (broad SMARTS) is 1. The van der Waals surface area contributed by atoms with E-state index in [9.17, 15) is 14.7 Å². The molecular formula is C11H20N2O3. The predicted molar refractivity (Wildman–Crippen MR) is 60.1 cm³/mol. The van der Waals surface area contributed by atoms with Gasteiger partial charge in [-0.25, -0.2) is 4.79 Å². The zero-order chi connectivity index (χ0) is 12.3. The number of aliphatic carboxylic acids is 1. The molecule has 0 radical (unpaired) electrons. The number of piperazine rings is 1. The standard InChI is InChI=1S/C11H20N2O3/c1-4-7(2)9(11(15)16)13-6-5-12-8(3)10(13)14/h7-9,12H,4-6H2,1-3H3,(H,15,16)/t7-,8-,9-/m0/s1. The molecule has 0 aliphatic carbocycles. The van der Waals surface area contributed by atoms with Crippen LogP contribution >= 0.6 is 0 Å². The summed E-state index contributed by atoms with van der Waals surface area (Å²) in [6.07, 6.45) is 0.753. The molecule has 0 bridgehead atoms. The van der Waals surface area contributed by atoms with Crippen LogP contribution in [0, 0.1) is 5.92 Å². The highest BCUT2D eigenvalue weighted by Crippen LogP contribution is 2.17. The Kier molecular flexibility index (Phi) is 4.29. The summed E-state index contributed by atoms with van der Waals surface area (Å²) >= 11 is 0. The molecule has 1 rings (SSSR count). The van der Waals surface area contributed by atoms with Crippen LogP contribution in [0.4, 0.5) is 0 Å². The molecule has 1 aliphatic heterocycles. The largest absolute Gasteiger partial charge is 0.480 e. The summed E-state index contributed by atoms with van der Waals surface area (Å²) in [4.78, 5) is 24.6. The number of nitrogens with one attached hydrogen (secondary N) is 1. The van der Waals surface area contributed by atoms with Crippen molar-refractivity contribution >= 4 is 11.9 Å². The number of carbonyl (C=O) groups is 2. The molecule has 5 heteroatoms. The second-order valence-electron chi connectivity index (χ2n) is 4.38. The van der Waals surface area contributed by atoms with Crippen LogP contribution in [0.15, 0.2) is 0 Å². The minimum atomic E-state index is -0.906. The molecule has 5 nitrogen and oxygen atoms in total. The fourth-order valence-electron chi connectivity index (χ4n) is 2.03. The highest BCUT2D eigenvalue weighted by atomic mass is 16.4. The average Bonchev–Trinajstić information content (AvgIpc) is 2.24. The van der Waals surface area contributed by atoms with Gasteiger partial charge in [0.1, 0.15) is 6.04 Å². The van der Waals surface area contributed by atoms with Crippen LogP contribution in [-0.2, 0) is 9.59 Å². The molecule has 0 saturated carbocycles. The second-order valence-corrected chi connectivity index (χ2v) is 4.38. The molecule has 16 heavy (non-hydrogen) atoms. The highest BCUT2D eigenvalue weighted by molar-refractivity contribution is 5.87. The van der Waals surface area contributed by atoms with Gasteiger partial charge in [0.15, 0.2) is 0 Å². The fourth-order valence-corrected chi connectivity index (χ4v) is 2.03. The molecule has 2 N–H and O–H groups in total. The third kappa shape index (κ3) is 2.52. The van der Waals surface area contributed by atoms with Gasteiger partial charge in [-0.3, -0.25) is 4.79 Å². The van der Waals surface area contributed by atoms with Gasteiger partial charge < -0.3 is 15.3 Å². The topological polar surface area (TPSA) is 69.6 Å². The van der Waals surface area contributed by atoms with Crippen molar-refractivity contribution in [1.82, 2.24) is 10.2 Å². The Bertz CT molecular complexity index is 280. The molecule has 0 aromatic heterocycles. The van der Waals surface area contributed by atoms with Gasteiger partial charge in [-0.2, -0.15) is 0 Å². The summed E-state index contributed by atoms with van der Waals surface area (Å²) < 4.78 is 0. The number of amides is 1. The van der Waals surface area contributed by atoms with Crippen LogP contribution in [-0.4, -0.2) is 47.1 Å². The van der Waals surface area contributed by atoms with E-state index in [1.54, 1.807) is 6.92 Å². The van der Waals surface area contributed by atoms with E-state index in [0.717, 1.165) is 6.42 Å². The number of nitrogens with zero attached hydrogens (tertiary/aromatic N) is 1. The molecule has 1 heterocycles. The first-order chi connectivity index (χ1) is 7.49. The first-order valence-corrected chi connectivity index (χ1v) is 5.75. The molecule has 3 atom stereocenters. The third-order valence-corrected chi connectivity index (χ3v) is 3.23. The number of rotatable bonds is 4. The van der Waals surface area contributed by atoms with Crippen LogP contribution in [0.1, 0.15) is 27.2 Å². The second kappa shape index (κ2) is 5.30. The molecule has 1 fully saturated rings. The van der Waals surface area contributed by atoms with Crippen molar-refractivity contribution < 1.29 is 14.7 Å². The van der Waals surface area contributed by atoms with Gasteiger partial charge >= 0.3 is 5.97 Å². The summed E-state index contributed by atoms with van der Waals surface area (Å²) in [5.74, 6) is -1.04. The van der Waals surface area contributed by atoms with Gasteiger partial charge in [-0.05, 0) is 12.8 Å². The monoisotopic (exact) mass is 228 g/mol. The van der Waals surface area contributed by atoms with Crippen molar-refractivity contribution in [2.75, 3.05) is 13.1 Å². The maximum Gasteiger partial charge on any atom is 0.326 e. The lowest BCUT2D eigenvalue weighted by molar-refractivity contribution is -0.154. The fraction of sp³-hybridized carbons (Fsp3) is 0.818. The number of carboxylic acids is 1. The first kappa shape index (κ1) is 13.0. The van der Waals surface area contributed by atoms with Crippen molar-refractivity contribution in [3.8, 4) is 0 Å². The molecule has 0 unspecified atom stereocenters. The van der Waals surface area contributed by atoms with Gasteiger partial charge in [0.25, 0.3) is 0 Å². The Morgan fingerprint density at radius 3 is 2.81 bits per heavy atom. The van der Waals surface area contributed by atoms with E-state index < -0.39 is 12.0 Å². The lowest BCUT2D eigenvalue weighted by Crippen LogP contribution is -2.60. The maximum absolute atomic E-state index is 11.9. The van der Waals surface area contributed by atoms with E-state index in [1.165, 1.54) is 4.90 Å². The Balaban J connectivity index is 2.85. The number of hydrogen-bond acceptors (Lipinski definition) is 3. The minimum Gasteiger partial charge on any atom is -0.480 e. The van der Waals surface area contributed by atoms with Crippen molar-refractivity contribution in [3.05, 3.63) is 0 Å². The zero-order valence-electron chi connectivity index (χ0n) is 10.1. The Morgan fingerprint density at radius 2 is 2.31 bits per heavy atom. The first-order valence-electron chi connectivity index (χ1n) is 5.75. The Hall–Kier alpha value is -1.10. The predicted octanol–water partition coefficient (Wildman–Crippen LogP) is 0.306. The number of hydrogen-bond donors (Lipinski definition) is 2. The van der Waals surface area contributed by atoms with Crippen LogP contribution in [0.5, 0.6) is 0 Å². The van der Waals surface area contributed by atoms with Crippen molar-refractivity contribution in [3.63, 3.8) is 0 Å². The molecule has 0 spiro atoms. The zero-order valence-corrected chi connectivity index (χ0v) is 10.1. The van der Waals surface area contributed by atoms with Gasteiger partial charge in [0.2, 0.25) is 5.91 Å². The summed E-state index contributed by atoms with van der Waals surface area (Å²) in [7, 11) is 0. The summed E-state index contributed by atoms with van der Waals surface area (Å²) in [5, 5.41) is 12.2. The van der Waals surface area contributed by atoms with Crippen LogP contribution < -0.4 is 5.32 Å². The molecule has 0 aromatic carbocycles. The van der Waals surface area contributed by atoms with E-state index in [-0.39, 0.29) is 17.9 Å². The van der Waals surface area contributed by atoms with E-state index in [2.05, 4.69) is 5.32 Å². The lowest BCUT2D eigenvalue weighted by atomic mass is 9.96. The number of carbonyl (C=O) groups excluding carboxylic acids is 1. The lowest BCUT2D eigenvalue weighted by Gasteiger charge is -2.37. The van der Waals surface area contributed by atoms with Gasteiger partial charge in [-0.1, -0.05) is 20.3 Å². The molecule has 1 amide bonds. The normalized spacial score (nSPS) is 25.3. The van der Waals surface area contributed by atoms with E-state index in [0.29, 0.717) is 13.1 Å². The average molecular weight is 228 g/mol. The molecule has 1 aliphatic rings. The summed E-state index contributed by atoms with van der Waals surface area (Å²) in [6, 6.07) is -0.971. The summed E-state index contributed by atoms with van der Waals surface area (Å²) in [6.45, 7) is 6.72. The highest BCUT2D eigenvalue weighted by Gasteiger charge is 2.36. The van der Waals surface area contributed by atoms with Crippen molar-refractivity contribution in [1.29, 1.82) is 0 Å². The summed E-state index contributed by atoms with van der Waals surface area (Å²) in [5.41, 5.74) is 0. The van der Waals surface area contributed by atoms with Crippen molar-refractivity contribution in [2.45, 2.75) is 39.3 Å². The molecule has 1 saturated heterocycles. The smallest absolute Gasteiger partial charge is 0.326 e. The molecule has 0 aromatic rings. The van der Waals surface area contributed by atoms with Gasteiger partial charge in [0.05, 0.1) is 6.04 Å². The Labute approximate surface area is 95.8 Å². The van der Waals surface area contributed by atoms with Crippen molar-refractivity contribution in [2.24, 2.45) is 5.92 Å². The van der Waals surface area contributed by atoms with Crippen LogP contribution in [0.25, 0.3) is 0 Å². The molecule has 92 valence electrons. The minimum absolute atomic E-state index is 0.0215. The Morgan fingerprint density at radius 1 is 1.69 bits per heavy atom. The SMILES string of the molecule is CC[C@H](C)[C@@H](C(=O)O)N1CCN[C@@H](C)C1=O. The van der Waals surface area contributed by atoms with E-state index >= 15 is 0 Å².